The zero-order chi connectivity index (χ0) is 18.2. The van der Waals surface area contributed by atoms with Crippen LogP contribution in [0.4, 0.5) is 0 Å². The highest BCUT2D eigenvalue weighted by molar-refractivity contribution is 5.70. The minimum atomic E-state index is -0.457. The van der Waals surface area contributed by atoms with Crippen molar-refractivity contribution in [3.63, 3.8) is 0 Å². The molecule has 1 N–H and O–H groups in total. The smallest absolute Gasteiger partial charge is 0.306 e. The van der Waals surface area contributed by atoms with Gasteiger partial charge in [-0.1, -0.05) is 96.8 Å². The van der Waals surface area contributed by atoms with E-state index in [4.69, 9.17) is 4.74 Å². The molecule has 148 valence electrons. The molecule has 0 aromatic rings. The quantitative estimate of drug-likeness (QED) is 0.261. The summed E-state index contributed by atoms with van der Waals surface area (Å²) in [6, 6.07) is 0. The van der Waals surface area contributed by atoms with Crippen molar-refractivity contribution in [2.24, 2.45) is 0 Å². The van der Waals surface area contributed by atoms with E-state index in [2.05, 4.69) is 6.92 Å². The number of carbonyl (C=O) groups is 1. The highest BCUT2D eigenvalue weighted by atomic mass is 16.6. The summed E-state index contributed by atoms with van der Waals surface area (Å²) in [4.78, 5) is 11.2. The molecule has 0 aliphatic carbocycles. The molecular formula is C22H42O3. The Kier molecular flexibility index (Phi) is 14.1. The standard InChI is InChI=1S/C22H42O3/c1-2-3-4-5-6-7-8-9-10-11-12-13-14-15-17-20(23)21-18-16-19-22(24)25-21/h20-21,23H,2-19H2,1H3. The fourth-order valence-electron chi connectivity index (χ4n) is 3.74. The summed E-state index contributed by atoms with van der Waals surface area (Å²) in [6.07, 6.45) is 21.1. The Hall–Kier alpha value is -0.570. The third-order valence-electron chi connectivity index (χ3n) is 5.43. The lowest BCUT2D eigenvalue weighted by Gasteiger charge is -2.26. The number of hydrogen-bond donors (Lipinski definition) is 1. The predicted octanol–water partition coefficient (Wildman–Crippen LogP) is 6.31. The summed E-state index contributed by atoms with van der Waals surface area (Å²) < 4.78 is 5.23. The van der Waals surface area contributed by atoms with Crippen molar-refractivity contribution in [3.8, 4) is 0 Å². The molecule has 3 nitrogen and oxygen atoms in total. The number of rotatable bonds is 16. The molecule has 0 amide bonds. The maximum absolute atomic E-state index is 11.2. The summed E-state index contributed by atoms with van der Waals surface area (Å²) in [6.45, 7) is 2.27. The van der Waals surface area contributed by atoms with Crippen molar-refractivity contribution < 1.29 is 14.6 Å². The first-order valence-corrected chi connectivity index (χ1v) is 11.1. The summed E-state index contributed by atoms with van der Waals surface area (Å²) in [5, 5.41) is 10.1. The lowest BCUT2D eigenvalue weighted by Crippen LogP contribution is -2.34. The van der Waals surface area contributed by atoms with Crippen LogP contribution in [0.25, 0.3) is 0 Å². The molecule has 1 rings (SSSR count). The van der Waals surface area contributed by atoms with Crippen molar-refractivity contribution in [2.75, 3.05) is 0 Å². The van der Waals surface area contributed by atoms with Crippen LogP contribution < -0.4 is 0 Å². The van der Waals surface area contributed by atoms with Gasteiger partial charge in [0.05, 0.1) is 6.10 Å². The number of aliphatic hydroxyl groups is 1. The minimum Gasteiger partial charge on any atom is -0.460 e. The molecule has 3 heteroatoms. The molecule has 1 heterocycles. The lowest BCUT2D eigenvalue weighted by atomic mass is 9.98. The lowest BCUT2D eigenvalue weighted by molar-refractivity contribution is -0.161. The van der Waals surface area contributed by atoms with Crippen LogP contribution in [0.3, 0.4) is 0 Å². The van der Waals surface area contributed by atoms with Crippen LogP contribution >= 0.6 is 0 Å². The number of aliphatic hydroxyl groups excluding tert-OH is 1. The highest BCUT2D eigenvalue weighted by Gasteiger charge is 2.26. The second-order valence-corrected chi connectivity index (χ2v) is 7.87. The predicted molar refractivity (Wildman–Crippen MR) is 105 cm³/mol. The largest absolute Gasteiger partial charge is 0.460 e. The van der Waals surface area contributed by atoms with Gasteiger partial charge in [-0.05, 0) is 19.3 Å². The summed E-state index contributed by atoms with van der Waals surface area (Å²) in [5.74, 6) is -0.142. The van der Waals surface area contributed by atoms with E-state index in [0.29, 0.717) is 6.42 Å². The van der Waals surface area contributed by atoms with E-state index in [-0.39, 0.29) is 12.1 Å². The fraction of sp³-hybridized carbons (Fsp3) is 0.955. The maximum Gasteiger partial charge on any atom is 0.306 e. The molecule has 1 fully saturated rings. The van der Waals surface area contributed by atoms with E-state index in [1.54, 1.807) is 0 Å². The summed E-state index contributed by atoms with van der Waals surface area (Å²) in [7, 11) is 0. The van der Waals surface area contributed by atoms with Crippen molar-refractivity contribution >= 4 is 5.97 Å². The van der Waals surface area contributed by atoms with E-state index in [1.807, 2.05) is 0 Å². The Morgan fingerprint density at radius 2 is 1.36 bits per heavy atom. The van der Waals surface area contributed by atoms with Gasteiger partial charge in [0, 0.05) is 6.42 Å². The van der Waals surface area contributed by atoms with Gasteiger partial charge in [0.25, 0.3) is 0 Å². The Morgan fingerprint density at radius 1 is 0.880 bits per heavy atom. The second kappa shape index (κ2) is 15.7. The van der Waals surface area contributed by atoms with Crippen LogP contribution in [0.5, 0.6) is 0 Å². The van der Waals surface area contributed by atoms with Crippen LogP contribution in [0, 0.1) is 0 Å². The van der Waals surface area contributed by atoms with Gasteiger partial charge in [0.2, 0.25) is 0 Å². The van der Waals surface area contributed by atoms with Gasteiger partial charge in [-0.2, -0.15) is 0 Å². The van der Waals surface area contributed by atoms with Gasteiger partial charge in [-0.15, -0.1) is 0 Å². The Balaban J connectivity index is 1.79. The van der Waals surface area contributed by atoms with Crippen LogP contribution in [-0.2, 0) is 9.53 Å². The number of hydrogen-bond acceptors (Lipinski definition) is 3. The monoisotopic (exact) mass is 354 g/mol. The highest BCUT2D eigenvalue weighted by Crippen LogP contribution is 2.20. The molecule has 0 radical (unpaired) electrons. The van der Waals surface area contributed by atoms with Crippen molar-refractivity contribution in [3.05, 3.63) is 0 Å². The number of cyclic esters (lactones) is 1. The van der Waals surface area contributed by atoms with E-state index in [0.717, 1.165) is 25.7 Å². The molecule has 1 saturated heterocycles. The molecule has 2 atom stereocenters. The zero-order valence-corrected chi connectivity index (χ0v) is 16.6. The van der Waals surface area contributed by atoms with E-state index in [9.17, 15) is 9.90 Å². The van der Waals surface area contributed by atoms with Gasteiger partial charge in [-0.25, -0.2) is 0 Å². The first kappa shape index (κ1) is 22.5. The van der Waals surface area contributed by atoms with Gasteiger partial charge in [0.15, 0.2) is 0 Å². The fourth-order valence-corrected chi connectivity index (χ4v) is 3.74. The van der Waals surface area contributed by atoms with Crippen LogP contribution in [0.2, 0.25) is 0 Å². The van der Waals surface area contributed by atoms with Crippen molar-refractivity contribution in [1.82, 2.24) is 0 Å². The third-order valence-corrected chi connectivity index (χ3v) is 5.43. The SMILES string of the molecule is CCCCCCCCCCCCCCCCC(O)C1CCCC(=O)O1. The van der Waals surface area contributed by atoms with Gasteiger partial charge in [0.1, 0.15) is 6.10 Å². The molecule has 1 aliphatic heterocycles. The van der Waals surface area contributed by atoms with Gasteiger partial charge in [-0.3, -0.25) is 4.79 Å². The zero-order valence-electron chi connectivity index (χ0n) is 16.6. The van der Waals surface area contributed by atoms with Crippen LogP contribution in [-0.4, -0.2) is 23.3 Å². The molecule has 0 spiro atoms. The Labute approximate surface area is 155 Å². The third kappa shape index (κ3) is 12.4. The molecule has 0 saturated carbocycles. The van der Waals surface area contributed by atoms with Crippen molar-refractivity contribution in [2.45, 2.75) is 135 Å². The van der Waals surface area contributed by atoms with Gasteiger partial charge >= 0.3 is 5.97 Å². The Bertz CT molecular complexity index is 316. The van der Waals surface area contributed by atoms with E-state index in [1.165, 1.54) is 83.5 Å². The van der Waals surface area contributed by atoms with Crippen LogP contribution in [0.1, 0.15) is 122 Å². The molecule has 25 heavy (non-hydrogen) atoms. The van der Waals surface area contributed by atoms with E-state index >= 15 is 0 Å². The maximum atomic E-state index is 11.2. The summed E-state index contributed by atoms with van der Waals surface area (Å²) >= 11 is 0. The normalized spacial score (nSPS) is 19.0. The number of carbonyl (C=O) groups excluding carboxylic acids is 1. The minimum absolute atomic E-state index is 0.142. The molecule has 2 unspecified atom stereocenters. The van der Waals surface area contributed by atoms with E-state index < -0.39 is 6.10 Å². The summed E-state index contributed by atoms with van der Waals surface area (Å²) in [5.41, 5.74) is 0. The first-order valence-electron chi connectivity index (χ1n) is 11.1. The first-order chi connectivity index (χ1) is 12.2. The second-order valence-electron chi connectivity index (χ2n) is 7.87. The molecule has 0 aromatic heterocycles. The number of unbranched alkanes of at least 4 members (excludes halogenated alkanes) is 13. The molecule has 0 bridgehead atoms. The number of ether oxygens (including phenoxy) is 1. The molecule has 0 aromatic carbocycles. The van der Waals surface area contributed by atoms with Crippen molar-refractivity contribution in [1.29, 1.82) is 0 Å². The molecule has 1 aliphatic rings. The molecular weight excluding hydrogens is 312 g/mol. The topological polar surface area (TPSA) is 46.5 Å². The number of esters is 1. The van der Waals surface area contributed by atoms with Gasteiger partial charge < -0.3 is 9.84 Å². The average molecular weight is 355 g/mol. The average Bonchev–Trinajstić information content (AvgIpc) is 2.62. The van der Waals surface area contributed by atoms with Crippen LogP contribution in [0.15, 0.2) is 0 Å². The Morgan fingerprint density at radius 3 is 1.84 bits per heavy atom.